The summed E-state index contributed by atoms with van der Waals surface area (Å²) in [6.45, 7) is 1.22. The van der Waals surface area contributed by atoms with Gasteiger partial charge in [-0.05, 0) is 43.2 Å². The minimum absolute atomic E-state index is 0.0618. The van der Waals surface area contributed by atoms with E-state index in [0.717, 1.165) is 36.4 Å². The fourth-order valence-corrected chi connectivity index (χ4v) is 3.24. The van der Waals surface area contributed by atoms with Crippen molar-refractivity contribution in [1.82, 2.24) is 0 Å². The fourth-order valence-electron chi connectivity index (χ4n) is 3.24. The largest absolute Gasteiger partial charge is 0.489 e. The van der Waals surface area contributed by atoms with Crippen LogP contribution in [0.15, 0.2) is 48.5 Å². The van der Waals surface area contributed by atoms with Crippen LogP contribution in [0.25, 0.3) is 0 Å². The zero-order valence-corrected chi connectivity index (χ0v) is 13.9. The van der Waals surface area contributed by atoms with Gasteiger partial charge in [-0.3, -0.25) is 4.79 Å². The quantitative estimate of drug-likeness (QED) is 0.873. The number of hydrogen-bond acceptors (Lipinski definition) is 4. The number of anilines is 1. The summed E-state index contributed by atoms with van der Waals surface area (Å²) < 4.78 is 5.78. The molecule has 0 saturated carbocycles. The average molecular weight is 336 g/mol. The first-order chi connectivity index (χ1) is 12.2. The topological polar surface area (TPSA) is 73.6 Å². The number of hydrogen-bond donors (Lipinski definition) is 1. The first kappa shape index (κ1) is 16.8. The van der Waals surface area contributed by atoms with E-state index in [1.165, 1.54) is 0 Å². The second-order valence-electron chi connectivity index (χ2n) is 6.14. The van der Waals surface area contributed by atoms with E-state index in [4.69, 9.17) is 15.1 Å². The highest BCUT2D eigenvalue weighted by Crippen LogP contribution is 2.29. The first-order valence-corrected chi connectivity index (χ1v) is 8.36. The second-order valence-corrected chi connectivity index (χ2v) is 6.14. The Morgan fingerprint density at radius 1 is 1.24 bits per heavy atom. The molecule has 2 aromatic carbocycles. The zero-order valence-electron chi connectivity index (χ0n) is 13.9. The highest BCUT2D eigenvalue weighted by atomic mass is 16.5. The molecular formula is C20H20N2O3. The van der Waals surface area contributed by atoms with E-state index in [1.54, 1.807) is 6.07 Å². The number of nitriles is 1. The van der Waals surface area contributed by atoms with Crippen LogP contribution in [0, 0.1) is 11.3 Å². The van der Waals surface area contributed by atoms with Gasteiger partial charge in [0.05, 0.1) is 18.1 Å². The Morgan fingerprint density at radius 3 is 2.72 bits per heavy atom. The summed E-state index contributed by atoms with van der Waals surface area (Å²) in [5, 5.41) is 18.1. The van der Waals surface area contributed by atoms with Crippen molar-refractivity contribution in [2.45, 2.75) is 31.9 Å². The molecule has 0 spiro atoms. The summed E-state index contributed by atoms with van der Waals surface area (Å²) in [5.41, 5.74) is 2.50. The molecule has 128 valence electrons. The lowest BCUT2D eigenvalue weighted by atomic mass is 10.1. The Kier molecular flexibility index (Phi) is 5.20. The second kappa shape index (κ2) is 7.71. The summed E-state index contributed by atoms with van der Waals surface area (Å²) in [5.74, 6) is -0.0292. The third kappa shape index (κ3) is 4.10. The van der Waals surface area contributed by atoms with Crippen molar-refractivity contribution >= 4 is 11.7 Å². The standard InChI is InChI=1S/C20H20N2O3/c21-13-15-4-1-2-5-16(15)14-25-19-9-7-17(8-10-19)22-11-3-6-18(22)12-20(23)24/h1-2,4-5,7-10,18H,3,6,11-12,14H2,(H,23,24). The van der Waals surface area contributed by atoms with E-state index in [0.29, 0.717) is 12.2 Å². The van der Waals surface area contributed by atoms with Gasteiger partial charge in [-0.1, -0.05) is 18.2 Å². The predicted molar refractivity (Wildman–Crippen MR) is 94.6 cm³/mol. The molecule has 1 heterocycles. The van der Waals surface area contributed by atoms with Crippen LogP contribution in [0.5, 0.6) is 5.75 Å². The molecule has 1 aliphatic rings. The van der Waals surface area contributed by atoms with Crippen LogP contribution in [-0.2, 0) is 11.4 Å². The van der Waals surface area contributed by atoms with Gasteiger partial charge in [0.1, 0.15) is 12.4 Å². The molecule has 0 aromatic heterocycles. The van der Waals surface area contributed by atoms with Gasteiger partial charge in [0.2, 0.25) is 0 Å². The average Bonchev–Trinajstić information content (AvgIpc) is 3.08. The summed E-state index contributed by atoms with van der Waals surface area (Å²) >= 11 is 0. The SMILES string of the molecule is N#Cc1ccccc1COc1ccc(N2CCCC2CC(=O)O)cc1. The maximum atomic E-state index is 11.0. The predicted octanol–water partition coefficient (Wildman–Crippen LogP) is 3.58. The molecule has 2 aromatic rings. The summed E-state index contributed by atoms with van der Waals surface area (Å²) in [7, 11) is 0. The van der Waals surface area contributed by atoms with Crippen LogP contribution in [-0.4, -0.2) is 23.7 Å². The number of ether oxygens (including phenoxy) is 1. The van der Waals surface area contributed by atoms with Gasteiger partial charge in [0.25, 0.3) is 0 Å². The van der Waals surface area contributed by atoms with E-state index in [-0.39, 0.29) is 12.5 Å². The Labute approximate surface area is 147 Å². The molecule has 0 amide bonds. The lowest BCUT2D eigenvalue weighted by Gasteiger charge is -2.25. The number of carboxylic acids is 1. The van der Waals surface area contributed by atoms with E-state index in [1.807, 2.05) is 42.5 Å². The van der Waals surface area contributed by atoms with Crippen LogP contribution in [0.1, 0.15) is 30.4 Å². The van der Waals surface area contributed by atoms with Crippen molar-refractivity contribution in [2.75, 3.05) is 11.4 Å². The van der Waals surface area contributed by atoms with E-state index in [9.17, 15) is 4.79 Å². The van der Waals surface area contributed by atoms with Gasteiger partial charge in [-0.15, -0.1) is 0 Å². The summed E-state index contributed by atoms with van der Waals surface area (Å²) in [6, 6.07) is 17.3. The normalized spacial score (nSPS) is 16.4. The monoisotopic (exact) mass is 336 g/mol. The van der Waals surface area contributed by atoms with Gasteiger partial charge in [-0.25, -0.2) is 0 Å². The highest BCUT2D eigenvalue weighted by molar-refractivity contribution is 5.69. The molecule has 1 saturated heterocycles. The Bertz CT molecular complexity index is 780. The number of aliphatic carboxylic acids is 1. The summed E-state index contributed by atoms with van der Waals surface area (Å²) in [6.07, 6.45) is 2.10. The molecule has 5 heteroatoms. The maximum Gasteiger partial charge on any atom is 0.305 e. The van der Waals surface area contributed by atoms with E-state index < -0.39 is 5.97 Å². The minimum atomic E-state index is -0.756. The molecule has 3 rings (SSSR count). The molecule has 5 nitrogen and oxygen atoms in total. The van der Waals surface area contributed by atoms with Gasteiger partial charge in [0, 0.05) is 23.8 Å². The van der Waals surface area contributed by atoms with Gasteiger partial charge < -0.3 is 14.7 Å². The van der Waals surface area contributed by atoms with Crippen molar-refractivity contribution in [1.29, 1.82) is 5.26 Å². The Balaban J connectivity index is 1.64. The van der Waals surface area contributed by atoms with Crippen molar-refractivity contribution in [3.63, 3.8) is 0 Å². The molecule has 1 N–H and O–H groups in total. The van der Waals surface area contributed by atoms with E-state index in [2.05, 4.69) is 11.0 Å². The van der Waals surface area contributed by atoms with Gasteiger partial charge in [0.15, 0.2) is 0 Å². The molecule has 1 unspecified atom stereocenters. The lowest BCUT2D eigenvalue weighted by Crippen LogP contribution is -2.31. The van der Waals surface area contributed by atoms with Crippen LogP contribution in [0.2, 0.25) is 0 Å². The zero-order chi connectivity index (χ0) is 17.6. The molecule has 0 radical (unpaired) electrons. The Hall–Kier alpha value is -3.00. The summed E-state index contributed by atoms with van der Waals surface area (Å²) in [4.78, 5) is 13.1. The number of carbonyl (C=O) groups is 1. The number of nitrogens with zero attached hydrogens (tertiary/aromatic N) is 2. The third-order valence-electron chi connectivity index (χ3n) is 4.49. The molecule has 1 fully saturated rings. The highest BCUT2D eigenvalue weighted by Gasteiger charge is 2.26. The van der Waals surface area contributed by atoms with E-state index >= 15 is 0 Å². The van der Waals surface area contributed by atoms with Crippen LogP contribution in [0.4, 0.5) is 5.69 Å². The Morgan fingerprint density at radius 2 is 2.00 bits per heavy atom. The molecule has 1 atom stereocenters. The number of rotatable bonds is 6. The number of carboxylic acid groups (broad SMARTS) is 1. The number of benzene rings is 2. The van der Waals surface area contributed by atoms with Crippen molar-refractivity contribution in [2.24, 2.45) is 0 Å². The minimum Gasteiger partial charge on any atom is -0.489 e. The lowest BCUT2D eigenvalue weighted by molar-refractivity contribution is -0.137. The van der Waals surface area contributed by atoms with Gasteiger partial charge >= 0.3 is 5.97 Å². The van der Waals surface area contributed by atoms with Crippen molar-refractivity contribution in [3.8, 4) is 11.8 Å². The van der Waals surface area contributed by atoms with Gasteiger partial charge in [-0.2, -0.15) is 5.26 Å². The molecular weight excluding hydrogens is 316 g/mol. The van der Waals surface area contributed by atoms with Crippen LogP contribution < -0.4 is 9.64 Å². The fraction of sp³-hybridized carbons (Fsp3) is 0.300. The third-order valence-corrected chi connectivity index (χ3v) is 4.49. The first-order valence-electron chi connectivity index (χ1n) is 8.36. The molecule has 25 heavy (non-hydrogen) atoms. The van der Waals surface area contributed by atoms with Crippen molar-refractivity contribution < 1.29 is 14.6 Å². The van der Waals surface area contributed by atoms with Crippen LogP contribution >= 0.6 is 0 Å². The van der Waals surface area contributed by atoms with Crippen molar-refractivity contribution in [3.05, 3.63) is 59.7 Å². The smallest absolute Gasteiger partial charge is 0.305 e. The molecule has 1 aliphatic heterocycles. The maximum absolute atomic E-state index is 11.0. The van der Waals surface area contributed by atoms with Crippen LogP contribution in [0.3, 0.4) is 0 Å². The molecule has 0 aliphatic carbocycles. The molecule has 0 bridgehead atoms.